The van der Waals surface area contributed by atoms with Crippen molar-refractivity contribution in [1.29, 1.82) is 0 Å². The van der Waals surface area contributed by atoms with Crippen LogP contribution in [0.15, 0.2) is 30.6 Å². The summed E-state index contributed by atoms with van der Waals surface area (Å²) in [6.07, 6.45) is 1.55. The first-order valence-corrected chi connectivity index (χ1v) is 5.84. The zero-order chi connectivity index (χ0) is 12.4. The van der Waals surface area contributed by atoms with Gasteiger partial charge < -0.3 is 4.98 Å². The summed E-state index contributed by atoms with van der Waals surface area (Å²) in [5.41, 5.74) is 2.59. The van der Waals surface area contributed by atoms with Crippen LogP contribution in [0.25, 0.3) is 11.3 Å². The van der Waals surface area contributed by atoms with Gasteiger partial charge in [-0.3, -0.25) is 0 Å². The van der Waals surface area contributed by atoms with Gasteiger partial charge in [0.05, 0.1) is 12.0 Å². The van der Waals surface area contributed by atoms with Crippen LogP contribution >= 0.6 is 12.2 Å². The van der Waals surface area contributed by atoms with Gasteiger partial charge in [0.15, 0.2) is 0 Å². The molecule has 2 rings (SSSR count). The van der Waals surface area contributed by atoms with E-state index in [0.29, 0.717) is 4.64 Å². The first kappa shape index (κ1) is 11.9. The highest BCUT2D eigenvalue weighted by atomic mass is 32.1. The fourth-order valence-electron chi connectivity index (χ4n) is 1.83. The molecule has 0 aliphatic rings. The molecule has 0 atom stereocenters. The molecule has 0 amide bonds. The molecule has 0 bridgehead atoms. The molecule has 0 radical (unpaired) electrons. The maximum absolute atomic E-state index is 13.2. The van der Waals surface area contributed by atoms with Crippen LogP contribution in [0.4, 0.5) is 4.39 Å². The van der Waals surface area contributed by atoms with Gasteiger partial charge in [0.1, 0.15) is 10.5 Å². The van der Waals surface area contributed by atoms with Crippen LogP contribution in [0.1, 0.15) is 25.3 Å². The first-order valence-electron chi connectivity index (χ1n) is 5.43. The molecular weight excluding hydrogens is 235 g/mol. The molecule has 1 heterocycles. The van der Waals surface area contributed by atoms with Crippen molar-refractivity contribution < 1.29 is 4.39 Å². The summed E-state index contributed by atoms with van der Waals surface area (Å²) in [7, 11) is 0. The van der Waals surface area contributed by atoms with Crippen LogP contribution in [0.5, 0.6) is 0 Å². The Hall–Kier alpha value is -1.55. The molecule has 1 aromatic carbocycles. The summed E-state index contributed by atoms with van der Waals surface area (Å²) < 4.78 is 13.8. The van der Waals surface area contributed by atoms with Crippen molar-refractivity contribution in [2.45, 2.75) is 19.8 Å². The van der Waals surface area contributed by atoms with Crippen LogP contribution in [-0.2, 0) is 0 Å². The molecule has 0 aliphatic heterocycles. The van der Waals surface area contributed by atoms with Crippen molar-refractivity contribution in [3.63, 3.8) is 0 Å². The predicted molar refractivity (Wildman–Crippen MR) is 68.9 cm³/mol. The molecule has 0 aliphatic carbocycles. The lowest BCUT2D eigenvalue weighted by atomic mass is 9.99. The molecule has 0 fully saturated rings. The summed E-state index contributed by atoms with van der Waals surface area (Å²) in [6.45, 7) is 4.09. The van der Waals surface area contributed by atoms with Gasteiger partial charge in [-0.2, -0.15) is 0 Å². The molecular formula is C13H13FN2S. The number of nitrogens with one attached hydrogen (secondary N) is 1. The van der Waals surface area contributed by atoms with Gasteiger partial charge in [0.25, 0.3) is 0 Å². The normalized spacial score (nSPS) is 10.8. The Morgan fingerprint density at radius 3 is 2.76 bits per heavy atom. The van der Waals surface area contributed by atoms with E-state index < -0.39 is 0 Å². The second-order valence-corrected chi connectivity index (χ2v) is 4.55. The average Bonchev–Trinajstić information content (AvgIpc) is 2.28. The molecule has 0 unspecified atom stereocenters. The number of rotatable bonds is 2. The highest BCUT2D eigenvalue weighted by Gasteiger charge is 2.11. The number of nitrogens with zero attached hydrogens (tertiary/aromatic N) is 1. The maximum Gasteiger partial charge on any atom is 0.133 e. The lowest BCUT2D eigenvalue weighted by Gasteiger charge is -2.12. The summed E-state index contributed by atoms with van der Waals surface area (Å²) in [4.78, 5) is 7.13. The predicted octanol–water partition coefficient (Wildman–Crippen LogP) is 4.07. The highest BCUT2D eigenvalue weighted by molar-refractivity contribution is 7.71. The van der Waals surface area contributed by atoms with Gasteiger partial charge in [0.2, 0.25) is 0 Å². The SMILES string of the molecule is CC(C)c1c(-c2cccc(F)c2)[nH]cnc1=S. The molecule has 0 saturated carbocycles. The number of hydrogen-bond donors (Lipinski definition) is 1. The van der Waals surface area contributed by atoms with E-state index in [1.165, 1.54) is 12.1 Å². The minimum atomic E-state index is -0.256. The zero-order valence-electron chi connectivity index (χ0n) is 9.70. The van der Waals surface area contributed by atoms with Crippen LogP contribution in [0, 0.1) is 10.5 Å². The third kappa shape index (κ3) is 2.42. The van der Waals surface area contributed by atoms with E-state index in [9.17, 15) is 4.39 Å². The lowest BCUT2D eigenvalue weighted by molar-refractivity contribution is 0.628. The highest BCUT2D eigenvalue weighted by Crippen LogP contribution is 2.27. The van der Waals surface area contributed by atoms with Gasteiger partial charge in [-0.1, -0.05) is 38.2 Å². The number of halogens is 1. The quantitative estimate of drug-likeness (QED) is 0.812. The molecule has 2 aromatic rings. The monoisotopic (exact) mass is 248 g/mol. The van der Waals surface area contributed by atoms with Gasteiger partial charge >= 0.3 is 0 Å². The summed E-state index contributed by atoms with van der Waals surface area (Å²) >= 11 is 5.22. The minimum Gasteiger partial charge on any atom is -0.346 e. The van der Waals surface area contributed by atoms with Gasteiger partial charge in [0, 0.05) is 11.1 Å². The smallest absolute Gasteiger partial charge is 0.133 e. The van der Waals surface area contributed by atoms with Crippen molar-refractivity contribution in [3.8, 4) is 11.3 Å². The molecule has 1 aromatic heterocycles. The standard InChI is InChI=1S/C13H13FN2S/c1-8(2)11-12(15-7-16-13(11)17)9-4-3-5-10(14)6-9/h3-8H,1-2H3,(H,15,16,17). The molecule has 17 heavy (non-hydrogen) atoms. The molecule has 0 saturated heterocycles. The van der Waals surface area contributed by atoms with Crippen molar-refractivity contribution in [1.82, 2.24) is 9.97 Å². The van der Waals surface area contributed by atoms with Crippen LogP contribution < -0.4 is 0 Å². The largest absolute Gasteiger partial charge is 0.346 e. The Morgan fingerprint density at radius 2 is 2.12 bits per heavy atom. The van der Waals surface area contributed by atoms with Crippen molar-refractivity contribution >= 4 is 12.2 Å². The first-order chi connectivity index (χ1) is 8.09. The van der Waals surface area contributed by atoms with Crippen molar-refractivity contribution in [2.75, 3.05) is 0 Å². The topological polar surface area (TPSA) is 28.7 Å². The molecule has 88 valence electrons. The maximum atomic E-state index is 13.2. The summed E-state index contributed by atoms with van der Waals surface area (Å²) in [5, 5.41) is 0. The second kappa shape index (κ2) is 4.75. The van der Waals surface area contributed by atoms with E-state index in [1.54, 1.807) is 12.4 Å². The fraction of sp³-hybridized carbons (Fsp3) is 0.231. The average molecular weight is 248 g/mol. The number of aromatic amines is 1. The van der Waals surface area contributed by atoms with E-state index in [1.807, 2.05) is 19.9 Å². The Bertz CT molecular complexity index is 590. The van der Waals surface area contributed by atoms with Crippen molar-refractivity contribution in [3.05, 3.63) is 46.6 Å². The van der Waals surface area contributed by atoms with Crippen molar-refractivity contribution in [2.24, 2.45) is 0 Å². The Morgan fingerprint density at radius 1 is 1.35 bits per heavy atom. The van der Waals surface area contributed by atoms with Crippen LogP contribution in [0.3, 0.4) is 0 Å². The van der Waals surface area contributed by atoms with Gasteiger partial charge in [-0.15, -0.1) is 0 Å². The van der Waals surface area contributed by atoms with E-state index in [0.717, 1.165) is 16.8 Å². The van der Waals surface area contributed by atoms with Gasteiger partial charge in [-0.05, 0) is 18.1 Å². The van der Waals surface area contributed by atoms with E-state index in [-0.39, 0.29) is 11.7 Å². The van der Waals surface area contributed by atoms with Crippen LogP contribution in [-0.4, -0.2) is 9.97 Å². The minimum absolute atomic E-state index is 0.241. The van der Waals surface area contributed by atoms with E-state index in [4.69, 9.17) is 12.2 Å². The van der Waals surface area contributed by atoms with Gasteiger partial charge in [-0.25, -0.2) is 9.37 Å². The zero-order valence-corrected chi connectivity index (χ0v) is 10.5. The number of hydrogen-bond acceptors (Lipinski definition) is 2. The third-order valence-corrected chi connectivity index (χ3v) is 2.91. The third-order valence-electron chi connectivity index (χ3n) is 2.58. The number of H-pyrrole nitrogens is 1. The van der Waals surface area contributed by atoms with E-state index >= 15 is 0 Å². The molecule has 0 spiro atoms. The summed E-state index contributed by atoms with van der Waals surface area (Å²) in [5.74, 6) is -0.0148. The Labute approximate surface area is 105 Å². The number of benzene rings is 1. The second-order valence-electron chi connectivity index (χ2n) is 4.16. The fourth-order valence-corrected chi connectivity index (χ4v) is 2.22. The Balaban J connectivity index is 2.67. The van der Waals surface area contributed by atoms with Crippen LogP contribution in [0.2, 0.25) is 0 Å². The number of aromatic nitrogens is 2. The molecule has 1 N–H and O–H groups in total. The molecule has 2 nitrogen and oxygen atoms in total. The lowest BCUT2D eigenvalue weighted by Crippen LogP contribution is -1.99. The van der Waals surface area contributed by atoms with E-state index in [2.05, 4.69) is 9.97 Å². The molecule has 4 heteroatoms. The summed E-state index contributed by atoms with van der Waals surface area (Å²) in [6, 6.07) is 6.46. The Kier molecular flexibility index (Phi) is 3.33.